The molecule has 0 saturated heterocycles. The summed E-state index contributed by atoms with van der Waals surface area (Å²) in [6.45, 7) is 0.533. The van der Waals surface area contributed by atoms with Crippen molar-refractivity contribution in [3.63, 3.8) is 0 Å². The summed E-state index contributed by atoms with van der Waals surface area (Å²) in [7, 11) is 0. The molecule has 0 radical (unpaired) electrons. The number of rotatable bonds is 6. The SMILES string of the molecule is C(=N/Nc1nncc2ccccc12)/c1cccc(OCc2ccccc2)c1. The number of hydrogen-bond donors (Lipinski definition) is 1. The summed E-state index contributed by atoms with van der Waals surface area (Å²) in [5, 5.41) is 14.4. The first-order chi connectivity index (χ1) is 13.4. The largest absolute Gasteiger partial charge is 0.489 e. The van der Waals surface area contributed by atoms with Crippen molar-refractivity contribution >= 4 is 22.8 Å². The van der Waals surface area contributed by atoms with Crippen molar-refractivity contribution in [1.29, 1.82) is 0 Å². The van der Waals surface area contributed by atoms with Gasteiger partial charge in [-0.2, -0.15) is 10.2 Å². The Kier molecular flexibility index (Phi) is 5.02. The molecule has 5 nitrogen and oxygen atoms in total. The highest BCUT2D eigenvalue weighted by molar-refractivity contribution is 5.91. The summed E-state index contributed by atoms with van der Waals surface area (Å²) in [5.41, 5.74) is 5.03. The molecule has 0 aliphatic heterocycles. The normalized spacial score (nSPS) is 11.0. The Balaban J connectivity index is 1.43. The van der Waals surface area contributed by atoms with Crippen molar-refractivity contribution in [2.24, 2.45) is 5.10 Å². The molecule has 1 N–H and O–H groups in total. The van der Waals surface area contributed by atoms with E-state index in [4.69, 9.17) is 4.74 Å². The molecule has 5 heteroatoms. The van der Waals surface area contributed by atoms with Crippen LogP contribution in [0.4, 0.5) is 5.82 Å². The average Bonchev–Trinajstić information content (AvgIpc) is 2.74. The van der Waals surface area contributed by atoms with Gasteiger partial charge in [0.25, 0.3) is 0 Å². The fraction of sp³-hybridized carbons (Fsp3) is 0.0455. The number of anilines is 1. The van der Waals surface area contributed by atoms with Crippen LogP contribution in [0.2, 0.25) is 0 Å². The van der Waals surface area contributed by atoms with Gasteiger partial charge < -0.3 is 4.74 Å². The van der Waals surface area contributed by atoms with E-state index >= 15 is 0 Å². The second-order valence-corrected chi connectivity index (χ2v) is 6.00. The maximum Gasteiger partial charge on any atom is 0.176 e. The van der Waals surface area contributed by atoms with Crippen LogP contribution < -0.4 is 10.2 Å². The van der Waals surface area contributed by atoms with Gasteiger partial charge in [-0.25, -0.2) is 0 Å². The van der Waals surface area contributed by atoms with Crippen molar-refractivity contribution in [2.75, 3.05) is 5.43 Å². The van der Waals surface area contributed by atoms with Crippen LogP contribution in [-0.2, 0) is 6.61 Å². The van der Waals surface area contributed by atoms with Gasteiger partial charge in [0, 0.05) is 10.8 Å². The predicted octanol–water partition coefficient (Wildman–Crippen LogP) is 4.65. The van der Waals surface area contributed by atoms with Crippen LogP contribution in [0.3, 0.4) is 0 Å². The van der Waals surface area contributed by atoms with Crippen molar-refractivity contribution in [2.45, 2.75) is 6.61 Å². The monoisotopic (exact) mass is 354 g/mol. The van der Waals surface area contributed by atoms with Gasteiger partial charge in [0.15, 0.2) is 5.82 Å². The second kappa shape index (κ2) is 8.10. The van der Waals surface area contributed by atoms with E-state index in [0.29, 0.717) is 12.4 Å². The molecule has 27 heavy (non-hydrogen) atoms. The molecule has 4 aromatic rings. The molecule has 0 atom stereocenters. The smallest absolute Gasteiger partial charge is 0.176 e. The molecule has 0 aliphatic carbocycles. The van der Waals surface area contributed by atoms with E-state index in [9.17, 15) is 0 Å². The summed E-state index contributed by atoms with van der Waals surface area (Å²) in [5.74, 6) is 1.42. The van der Waals surface area contributed by atoms with Crippen molar-refractivity contribution < 1.29 is 4.74 Å². The first-order valence-corrected chi connectivity index (χ1v) is 8.65. The fourth-order valence-electron chi connectivity index (χ4n) is 2.70. The van der Waals surface area contributed by atoms with Crippen LogP contribution >= 0.6 is 0 Å². The van der Waals surface area contributed by atoms with E-state index < -0.39 is 0 Å². The third kappa shape index (κ3) is 4.27. The molecule has 0 aliphatic rings. The number of benzene rings is 3. The lowest BCUT2D eigenvalue weighted by Crippen LogP contribution is -1.97. The van der Waals surface area contributed by atoms with Crippen molar-refractivity contribution in [3.8, 4) is 5.75 Å². The van der Waals surface area contributed by atoms with Gasteiger partial charge in [-0.3, -0.25) is 5.43 Å². The molecular formula is C22H18N4O. The third-order valence-corrected chi connectivity index (χ3v) is 4.06. The molecule has 0 amide bonds. The van der Waals surface area contributed by atoms with E-state index in [1.54, 1.807) is 12.4 Å². The third-order valence-electron chi connectivity index (χ3n) is 4.06. The summed E-state index contributed by atoms with van der Waals surface area (Å²) in [6, 6.07) is 25.8. The number of aromatic nitrogens is 2. The number of ether oxygens (including phenoxy) is 1. The fourth-order valence-corrected chi connectivity index (χ4v) is 2.70. The highest BCUT2D eigenvalue weighted by atomic mass is 16.5. The minimum atomic E-state index is 0.533. The van der Waals surface area contributed by atoms with Gasteiger partial charge >= 0.3 is 0 Å². The van der Waals surface area contributed by atoms with E-state index in [1.165, 1.54) is 0 Å². The summed E-state index contributed by atoms with van der Waals surface area (Å²) >= 11 is 0. The summed E-state index contributed by atoms with van der Waals surface area (Å²) in [6.07, 6.45) is 3.47. The zero-order valence-corrected chi connectivity index (χ0v) is 14.6. The quantitative estimate of drug-likeness (QED) is 0.404. The summed E-state index contributed by atoms with van der Waals surface area (Å²) < 4.78 is 5.85. The molecule has 0 spiro atoms. The maximum atomic E-state index is 5.85. The summed E-state index contributed by atoms with van der Waals surface area (Å²) in [4.78, 5) is 0. The molecule has 0 unspecified atom stereocenters. The Labute approximate surface area is 157 Å². The van der Waals surface area contributed by atoms with Crippen LogP contribution in [0.5, 0.6) is 5.75 Å². The van der Waals surface area contributed by atoms with Gasteiger partial charge in [0.1, 0.15) is 12.4 Å². The molecular weight excluding hydrogens is 336 g/mol. The zero-order chi connectivity index (χ0) is 18.3. The zero-order valence-electron chi connectivity index (χ0n) is 14.6. The molecule has 4 rings (SSSR count). The van der Waals surface area contributed by atoms with E-state index in [1.807, 2.05) is 78.9 Å². The number of fused-ring (bicyclic) bond motifs is 1. The van der Waals surface area contributed by atoms with E-state index in [0.717, 1.165) is 27.6 Å². The van der Waals surface area contributed by atoms with Gasteiger partial charge in [-0.15, -0.1) is 5.10 Å². The topological polar surface area (TPSA) is 59.4 Å². The highest BCUT2D eigenvalue weighted by Gasteiger charge is 2.01. The average molecular weight is 354 g/mol. The van der Waals surface area contributed by atoms with Gasteiger partial charge in [0.05, 0.1) is 12.4 Å². The lowest BCUT2D eigenvalue weighted by molar-refractivity contribution is 0.306. The Morgan fingerprint density at radius 2 is 1.78 bits per heavy atom. The lowest BCUT2D eigenvalue weighted by Gasteiger charge is -2.07. The van der Waals surface area contributed by atoms with Crippen LogP contribution in [-0.4, -0.2) is 16.4 Å². The first-order valence-electron chi connectivity index (χ1n) is 8.65. The van der Waals surface area contributed by atoms with Crippen molar-refractivity contribution in [1.82, 2.24) is 10.2 Å². The molecule has 0 fully saturated rings. The lowest BCUT2D eigenvalue weighted by atomic mass is 10.2. The Hall–Kier alpha value is -3.73. The second-order valence-electron chi connectivity index (χ2n) is 6.00. The maximum absolute atomic E-state index is 5.85. The van der Waals surface area contributed by atoms with Gasteiger partial charge in [-0.1, -0.05) is 66.7 Å². The minimum Gasteiger partial charge on any atom is -0.489 e. The van der Waals surface area contributed by atoms with Crippen LogP contribution in [0.1, 0.15) is 11.1 Å². The Morgan fingerprint density at radius 3 is 2.70 bits per heavy atom. The first kappa shape index (κ1) is 16.7. The van der Waals surface area contributed by atoms with Crippen LogP contribution in [0.25, 0.3) is 10.8 Å². The van der Waals surface area contributed by atoms with E-state index in [-0.39, 0.29) is 0 Å². The molecule has 1 heterocycles. The minimum absolute atomic E-state index is 0.533. The molecule has 132 valence electrons. The van der Waals surface area contributed by atoms with Crippen molar-refractivity contribution in [3.05, 3.63) is 96.2 Å². The number of hydrogen-bond acceptors (Lipinski definition) is 5. The predicted molar refractivity (Wildman–Crippen MR) is 108 cm³/mol. The Morgan fingerprint density at radius 1 is 0.926 bits per heavy atom. The highest BCUT2D eigenvalue weighted by Crippen LogP contribution is 2.19. The van der Waals surface area contributed by atoms with Crippen LogP contribution in [0, 0.1) is 0 Å². The molecule has 1 aromatic heterocycles. The number of hydrazone groups is 1. The number of nitrogens with one attached hydrogen (secondary N) is 1. The number of nitrogens with zero attached hydrogens (tertiary/aromatic N) is 3. The Bertz CT molecular complexity index is 1060. The van der Waals surface area contributed by atoms with E-state index in [2.05, 4.69) is 20.7 Å². The van der Waals surface area contributed by atoms with Crippen LogP contribution in [0.15, 0.2) is 90.2 Å². The standard InChI is InChI=1S/C22H18N4O/c1-2-7-17(8-3-1)16-27-20-11-6-9-18(13-20)14-23-25-22-21-12-5-4-10-19(21)15-24-26-22/h1-15H,16H2,(H,25,26)/b23-14-. The van der Waals surface area contributed by atoms with Gasteiger partial charge in [-0.05, 0) is 23.3 Å². The molecule has 0 saturated carbocycles. The van der Waals surface area contributed by atoms with Gasteiger partial charge in [0.2, 0.25) is 0 Å². The molecule has 0 bridgehead atoms. The molecule has 3 aromatic carbocycles.